The minimum absolute atomic E-state index is 0.0184. The topological polar surface area (TPSA) is 175 Å². The number of rotatable bonds is 38. The molecular formula is C45H76NO10P. The lowest BCUT2D eigenvalue weighted by Gasteiger charge is -2.19. The van der Waals surface area contributed by atoms with Crippen LogP contribution in [0.2, 0.25) is 0 Å². The van der Waals surface area contributed by atoms with Gasteiger partial charge in [-0.25, -0.2) is 4.57 Å². The molecule has 0 radical (unpaired) electrons. The van der Waals surface area contributed by atoms with E-state index in [4.69, 9.17) is 24.3 Å². The van der Waals surface area contributed by atoms with Crippen molar-refractivity contribution in [2.24, 2.45) is 5.73 Å². The van der Waals surface area contributed by atoms with E-state index in [1.807, 2.05) is 43.4 Å². The summed E-state index contributed by atoms with van der Waals surface area (Å²) in [5.74, 6) is -1.01. The molecule has 0 heterocycles. The summed E-state index contributed by atoms with van der Waals surface area (Å²) in [6.45, 7) is 3.30. The van der Waals surface area contributed by atoms with Gasteiger partial charge in [-0.2, -0.15) is 0 Å². The van der Waals surface area contributed by atoms with E-state index in [2.05, 4.69) is 19.1 Å². The third kappa shape index (κ3) is 39.7. The molecule has 0 aliphatic heterocycles. The van der Waals surface area contributed by atoms with Crippen LogP contribution in [0.1, 0.15) is 142 Å². The van der Waals surface area contributed by atoms with E-state index in [-0.39, 0.29) is 32.6 Å². The van der Waals surface area contributed by atoms with Gasteiger partial charge in [-0.1, -0.05) is 150 Å². The molecule has 0 saturated carbocycles. The maximum Gasteiger partial charge on any atom is 0.472 e. The van der Waals surface area contributed by atoms with Gasteiger partial charge < -0.3 is 30.3 Å². The van der Waals surface area contributed by atoms with E-state index in [0.717, 1.165) is 44.9 Å². The Morgan fingerprint density at radius 2 is 1.19 bits per heavy atom. The fraction of sp³-hybridized carbons (Fsp3) is 0.644. The van der Waals surface area contributed by atoms with Crippen molar-refractivity contribution < 1.29 is 47.8 Å². The summed E-state index contributed by atoms with van der Waals surface area (Å²) < 4.78 is 32.6. The number of phosphoric acid groups is 1. The number of nitrogens with two attached hydrogens (primary N) is 1. The molecule has 0 aliphatic rings. The minimum atomic E-state index is -4.43. The van der Waals surface area contributed by atoms with E-state index in [9.17, 15) is 29.3 Å². The van der Waals surface area contributed by atoms with E-state index >= 15 is 0 Å². The zero-order valence-electron chi connectivity index (χ0n) is 35.0. The van der Waals surface area contributed by atoms with Gasteiger partial charge >= 0.3 is 19.8 Å². The van der Waals surface area contributed by atoms with Crippen LogP contribution in [0.15, 0.2) is 85.1 Å². The fourth-order valence-electron chi connectivity index (χ4n) is 5.24. The molecule has 0 aromatic carbocycles. The molecule has 5 N–H and O–H groups in total. The molecular weight excluding hydrogens is 745 g/mol. The summed E-state index contributed by atoms with van der Waals surface area (Å²) in [7, 11) is -4.43. The fourth-order valence-corrected chi connectivity index (χ4v) is 6.01. The summed E-state index contributed by atoms with van der Waals surface area (Å²) in [5.41, 5.74) is 5.33. The summed E-state index contributed by atoms with van der Waals surface area (Å²) in [6, 6.07) is 0. The van der Waals surface area contributed by atoms with Gasteiger partial charge in [0.2, 0.25) is 0 Å². The highest BCUT2D eigenvalue weighted by atomic mass is 31.2. The second-order valence-electron chi connectivity index (χ2n) is 13.9. The highest BCUT2D eigenvalue weighted by molar-refractivity contribution is 7.47. The van der Waals surface area contributed by atoms with Gasteiger partial charge in [-0.3, -0.25) is 18.6 Å². The third-order valence-corrected chi connectivity index (χ3v) is 9.43. The highest BCUT2D eigenvalue weighted by Crippen LogP contribution is 2.43. The molecule has 0 rings (SSSR count). The first-order valence-electron chi connectivity index (χ1n) is 21.3. The van der Waals surface area contributed by atoms with Crippen LogP contribution in [-0.2, 0) is 32.7 Å². The predicted octanol–water partition coefficient (Wildman–Crippen LogP) is 9.99. The Morgan fingerprint density at radius 1 is 0.632 bits per heavy atom. The number of hydrogen-bond acceptors (Lipinski definition) is 10. The van der Waals surface area contributed by atoms with Crippen LogP contribution in [-0.4, -0.2) is 71.7 Å². The molecule has 57 heavy (non-hydrogen) atoms. The largest absolute Gasteiger partial charge is 0.472 e. The Hall–Kier alpha value is -2.89. The smallest absolute Gasteiger partial charge is 0.462 e. The average molecular weight is 822 g/mol. The van der Waals surface area contributed by atoms with Crippen molar-refractivity contribution in [2.45, 2.75) is 161 Å². The van der Waals surface area contributed by atoms with Crippen molar-refractivity contribution in [3.8, 4) is 0 Å². The zero-order valence-corrected chi connectivity index (χ0v) is 35.9. The molecule has 0 fully saturated rings. The van der Waals surface area contributed by atoms with Crippen molar-refractivity contribution >= 4 is 19.8 Å². The van der Waals surface area contributed by atoms with Crippen LogP contribution >= 0.6 is 7.82 Å². The van der Waals surface area contributed by atoms with Crippen LogP contribution in [0.4, 0.5) is 0 Å². The lowest BCUT2D eigenvalue weighted by Crippen LogP contribution is -2.29. The van der Waals surface area contributed by atoms with E-state index < -0.39 is 44.7 Å². The number of aliphatic hydroxyl groups is 2. The normalized spacial score (nSPS) is 15.3. The van der Waals surface area contributed by atoms with Gasteiger partial charge in [0.25, 0.3) is 0 Å². The number of carbonyl (C=O) groups is 2. The highest BCUT2D eigenvalue weighted by Gasteiger charge is 2.25. The van der Waals surface area contributed by atoms with Crippen molar-refractivity contribution in [1.82, 2.24) is 0 Å². The lowest BCUT2D eigenvalue weighted by atomic mass is 10.1. The van der Waals surface area contributed by atoms with Gasteiger partial charge in [0, 0.05) is 19.4 Å². The van der Waals surface area contributed by atoms with Crippen molar-refractivity contribution in [3.63, 3.8) is 0 Å². The number of esters is 2. The molecule has 11 nitrogen and oxygen atoms in total. The molecule has 12 heteroatoms. The molecule has 1 unspecified atom stereocenters. The van der Waals surface area contributed by atoms with Crippen LogP contribution in [0.3, 0.4) is 0 Å². The maximum absolute atomic E-state index is 12.6. The molecule has 0 saturated heterocycles. The summed E-state index contributed by atoms with van der Waals surface area (Å²) >= 11 is 0. The van der Waals surface area contributed by atoms with Gasteiger partial charge in [0.15, 0.2) is 6.10 Å². The number of aliphatic hydroxyl groups excluding tert-OH is 2. The average Bonchev–Trinajstić information content (AvgIpc) is 3.19. The van der Waals surface area contributed by atoms with Crippen LogP contribution in [0.25, 0.3) is 0 Å². The van der Waals surface area contributed by atoms with Gasteiger partial charge in [0.05, 0.1) is 25.4 Å². The standard InChI is InChI=1S/C45H76NO10P/c1-3-5-7-8-9-10-11-12-13-14-15-16-17-21-29-35-44(49)53-39-43(40-55-57(51,52)54-38-37-46)56-45(50)36-30-22-19-18-20-26-32-42(48)34-28-24-23-27-33-41(47)31-25-6-4-2/h6,12-13,19-20,22-28,33-34,41-43,47-48H,3-5,7-11,14-18,21,29-32,35-40,46H2,1-2H3,(H,51,52)/b13-12-,22-19-,24-23-,25-6-,26-20-,33-27+,34-28+/t41-,42+,43+/m0/s1. The third-order valence-electron chi connectivity index (χ3n) is 8.44. The van der Waals surface area contributed by atoms with Crippen LogP contribution in [0.5, 0.6) is 0 Å². The number of hydrogen-bond donors (Lipinski definition) is 4. The Bertz CT molecular complexity index is 1240. The van der Waals surface area contributed by atoms with Crippen molar-refractivity contribution in [1.29, 1.82) is 0 Å². The quantitative estimate of drug-likeness (QED) is 0.0153. The predicted molar refractivity (Wildman–Crippen MR) is 231 cm³/mol. The number of unbranched alkanes of at least 4 members (excludes halogenated alkanes) is 11. The van der Waals surface area contributed by atoms with E-state index in [1.165, 1.54) is 38.5 Å². The van der Waals surface area contributed by atoms with Crippen molar-refractivity contribution in [2.75, 3.05) is 26.4 Å². The molecule has 4 atom stereocenters. The number of phosphoric ester groups is 1. The van der Waals surface area contributed by atoms with Gasteiger partial charge in [-0.15, -0.1) is 0 Å². The zero-order chi connectivity index (χ0) is 42.1. The SMILES string of the molecule is CC/C=C\C[C@H](O)/C=C/C=C\C=C\[C@H](O)C/C=C\C/C=C\CCC(=O)O[C@H](COC(=O)CCCCCCC/C=C\CCCCCCCC)COP(=O)(O)OCCN. The Balaban J connectivity index is 4.45. The maximum atomic E-state index is 12.6. The molecule has 0 aromatic heterocycles. The number of carbonyl (C=O) groups excluding carboxylic acids is 2. The van der Waals surface area contributed by atoms with E-state index in [1.54, 1.807) is 36.5 Å². The summed E-state index contributed by atoms with van der Waals surface area (Å²) in [5, 5.41) is 19.9. The Morgan fingerprint density at radius 3 is 1.81 bits per heavy atom. The molecule has 0 aromatic rings. The first kappa shape index (κ1) is 54.1. The monoisotopic (exact) mass is 822 g/mol. The Kier molecular flexibility index (Phi) is 37.9. The molecule has 326 valence electrons. The number of ether oxygens (including phenoxy) is 2. The van der Waals surface area contributed by atoms with Crippen LogP contribution in [0, 0.1) is 0 Å². The minimum Gasteiger partial charge on any atom is -0.462 e. The molecule has 0 spiro atoms. The summed E-state index contributed by atoms with van der Waals surface area (Å²) in [4.78, 5) is 34.8. The first-order chi connectivity index (χ1) is 27.6. The number of allylic oxidation sites excluding steroid dienone is 10. The first-order valence-corrected chi connectivity index (χ1v) is 22.8. The molecule has 0 amide bonds. The second kappa shape index (κ2) is 39.9. The molecule has 0 aliphatic carbocycles. The Labute approximate surface area is 344 Å². The van der Waals surface area contributed by atoms with Gasteiger partial charge in [-0.05, 0) is 64.2 Å². The molecule has 0 bridgehead atoms. The van der Waals surface area contributed by atoms with Crippen molar-refractivity contribution in [3.05, 3.63) is 85.1 Å². The summed E-state index contributed by atoms with van der Waals surface area (Å²) in [6.07, 6.45) is 42.6. The lowest BCUT2D eigenvalue weighted by molar-refractivity contribution is -0.161. The van der Waals surface area contributed by atoms with E-state index in [0.29, 0.717) is 32.1 Å². The van der Waals surface area contributed by atoms with Gasteiger partial charge in [0.1, 0.15) is 6.61 Å². The second-order valence-corrected chi connectivity index (χ2v) is 15.3. The van der Waals surface area contributed by atoms with Crippen LogP contribution < -0.4 is 5.73 Å².